The van der Waals surface area contributed by atoms with E-state index in [1.807, 2.05) is 0 Å². The normalized spacial score (nSPS) is 13.6. The molecule has 0 aromatic carbocycles. The number of hydrogen-bond donors (Lipinski definition) is 0. The Balaban J connectivity index is -0.000000124. The van der Waals surface area contributed by atoms with Gasteiger partial charge in [-0.1, -0.05) is 29.8 Å². The Kier molecular flexibility index (Phi) is 23.9. The third-order valence-corrected chi connectivity index (χ3v) is 3.50. The third kappa shape index (κ3) is 22.5. The molecular formula is C5H11AlBCuFeO3+. The van der Waals surface area contributed by atoms with Crippen LogP contribution in [0.1, 0.15) is 19.3 Å². The molecule has 73 valence electrons. The Hall–Kier alpha value is 1.52. The largest absolute Gasteiger partial charge is 2.00 e. The molecule has 1 saturated heterocycles. The van der Waals surface area contributed by atoms with Crippen molar-refractivity contribution in [1.29, 1.82) is 0 Å². The van der Waals surface area contributed by atoms with Crippen LogP contribution in [0.4, 0.5) is 0 Å². The minimum Gasteiger partial charge on any atom is -0.907 e. The first-order valence-electron chi connectivity index (χ1n) is 3.71. The van der Waals surface area contributed by atoms with Crippen LogP contribution in [0.25, 0.3) is 0 Å². The summed E-state index contributed by atoms with van der Waals surface area (Å²) in [6, 6.07) is 0. The summed E-state index contributed by atoms with van der Waals surface area (Å²) in [6.07, 6.45) is 4.66. The summed E-state index contributed by atoms with van der Waals surface area (Å²) in [5.41, 5.74) is 0. The zero-order valence-electron chi connectivity index (χ0n) is 6.70. The van der Waals surface area contributed by atoms with Crippen molar-refractivity contribution in [1.82, 2.24) is 0 Å². The molecule has 1 aliphatic heterocycles. The molecule has 0 atom stereocenters. The molecule has 1 aliphatic rings. The second-order valence-corrected chi connectivity index (χ2v) is 4.53. The molecule has 0 saturated carbocycles. The maximum atomic E-state index is 8.42. The van der Waals surface area contributed by atoms with E-state index >= 15 is 0 Å². The monoisotopic (exact) mass is 276 g/mol. The van der Waals surface area contributed by atoms with Crippen LogP contribution in [0.3, 0.4) is 0 Å². The van der Waals surface area contributed by atoms with Gasteiger partial charge in [-0.05, 0) is 0 Å². The van der Waals surface area contributed by atoms with Gasteiger partial charge in [-0.25, -0.2) is 0 Å². The Morgan fingerprint density at radius 3 is 1.33 bits per heavy atom. The summed E-state index contributed by atoms with van der Waals surface area (Å²) >= 11 is 0.508. The minimum absolute atomic E-state index is 0. The van der Waals surface area contributed by atoms with Crippen molar-refractivity contribution in [3.63, 3.8) is 0 Å². The van der Waals surface area contributed by atoms with Crippen molar-refractivity contribution in [3.8, 4) is 0 Å². The van der Waals surface area contributed by atoms with Gasteiger partial charge in [0.2, 0.25) is 15.2 Å². The first kappa shape index (κ1) is 19.1. The summed E-state index contributed by atoms with van der Waals surface area (Å²) in [4.78, 5) is 0. The molecule has 7 heteroatoms. The average Bonchev–Trinajstić information content (AvgIpc) is 1.90. The molecule has 0 N–H and O–H groups in total. The number of hydrogen-bond acceptors (Lipinski definition) is 3. The van der Waals surface area contributed by atoms with Gasteiger partial charge in [-0.2, -0.15) is 0 Å². The van der Waals surface area contributed by atoms with Crippen molar-refractivity contribution in [2.75, 3.05) is 0 Å². The Labute approximate surface area is 101 Å². The minimum atomic E-state index is -2.92. The molecular weight excluding hydrogens is 265 g/mol. The van der Waals surface area contributed by atoms with E-state index in [1.165, 1.54) is 6.42 Å². The molecule has 0 unspecified atom stereocenters. The Morgan fingerprint density at radius 1 is 0.917 bits per heavy atom. The van der Waals surface area contributed by atoms with Gasteiger partial charge in [-0.3, -0.25) is 7.32 Å². The van der Waals surface area contributed by atoms with E-state index in [4.69, 9.17) is 15.1 Å². The standard InChI is InChI=1S/C5H10.Al.BO3.Cu.Fe.H/c1-3-5-4-2;;2-1(3)4;;;/h1-5H2;;;;;/q;;-3;2*+2;. The van der Waals surface area contributed by atoms with Gasteiger partial charge < -0.3 is 15.1 Å². The molecule has 0 amide bonds. The molecule has 1 radical (unpaired) electrons. The molecule has 0 aliphatic carbocycles. The van der Waals surface area contributed by atoms with Crippen LogP contribution in [-0.4, -0.2) is 22.5 Å². The summed E-state index contributed by atoms with van der Waals surface area (Å²) in [6.45, 7) is 0. The third-order valence-electron chi connectivity index (χ3n) is 1.50. The zero-order chi connectivity index (χ0) is 7.82. The fourth-order valence-corrected chi connectivity index (χ4v) is 2.83. The zero-order valence-corrected chi connectivity index (χ0v) is 10.2. The fraction of sp³-hybridized carbons (Fsp3) is 1.00. The van der Waals surface area contributed by atoms with Crippen LogP contribution in [-0.2, 0) is 34.1 Å². The van der Waals surface area contributed by atoms with E-state index in [2.05, 4.69) is 0 Å². The van der Waals surface area contributed by atoms with Gasteiger partial charge >= 0.3 is 34.1 Å². The van der Waals surface area contributed by atoms with Gasteiger partial charge in [-0.15, -0.1) is 0 Å². The topological polar surface area (TPSA) is 69.2 Å². The molecule has 1 rings (SSSR count). The van der Waals surface area contributed by atoms with Crippen LogP contribution >= 0.6 is 0 Å². The van der Waals surface area contributed by atoms with Gasteiger partial charge in [0.25, 0.3) is 0 Å². The predicted octanol–water partition coefficient (Wildman–Crippen LogP) is -2.51. The van der Waals surface area contributed by atoms with Gasteiger partial charge in [0.1, 0.15) is 0 Å². The molecule has 12 heavy (non-hydrogen) atoms. The van der Waals surface area contributed by atoms with Crippen LogP contribution in [0.15, 0.2) is 0 Å². The number of rotatable bonds is 0. The first-order chi connectivity index (χ1) is 4.73. The van der Waals surface area contributed by atoms with E-state index in [-0.39, 0.29) is 34.1 Å². The van der Waals surface area contributed by atoms with Gasteiger partial charge in [0, 0.05) is 0 Å². The summed E-state index contributed by atoms with van der Waals surface area (Å²) in [7, 11) is -2.92. The van der Waals surface area contributed by atoms with Crippen LogP contribution in [0.2, 0.25) is 10.6 Å². The van der Waals surface area contributed by atoms with Gasteiger partial charge in [0.05, 0.1) is 0 Å². The van der Waals surface area contributed by atoms with Crippen LogP contribution < -0.4 is 15.1 Å². The van der Waals surface area contributed by atoms with E-state index in [9.17, 15) is 0 Å². The Bertz CT molecular complexity index is 63.4. The smallest absolute Gasteiger partial charge is 0.907 e. The van der Waals surface area contributed by atoms with Crippen molar-refractivity contribution >= 4 is 22.5 Å². The van der Waals surface area contributed by atoms with E-state index in [0.29, 0.717) is 15.2 Å². The molecule has 0 bridgehead atoms. The fourth-order valence-electron chi connectivity index (χ4n) is 1.06. The van der Waals surface area contributed by atoms with Crippen molar-refractivity contribution < 1.29 is 49.2 Å². The molecule has 0 aromatic heterocycles. The van der Waals surface area contributed by atoms with Crippen molar-refractivity contribution in [2.24, 2.45) is 0 Å². The SMILES string of the molecule is C1C[CH2][AlH][CH2]C1.[Cu+2].[Fe+2].[O-]B([O-])[O-]. The second-order valence-electron chi connectivity index (χ2n) is 2.41. The van der Waals surface area contributed by atoms with Crippen molar-refractivity contribution in [3.05, 3.63) is 0 Å². The van der Waals surface area contributed by atoms with E-state index < -0.39 is 7.32 Å². The van der Waals surface area contributed by atoms with Crippen LogP contribution in [0, 0.1) is 0 Å². The quantitative estimate of drug-likeness (QED) is 0.459. The molecule has 0 spiro atoms. The van der Waals surface area contributed by atoms with Crippen molar-refractivity contribution in [2.45, 2.75) is 29.8 Å². The van der Waals surface area contributed by atoms with Crippen LogP contribution in [0.5, 0.6) is 0 Å². The summed E-state index contributed by atoms with van der Waals surface area (Å²) in [5.74, 6) is 0. The molecule has 0 aromatic rings. The summed E-state index contributed by atoms with van der Waals surface area (Å²) < 4.78 is 0. The molecule has 1 heterocycles. The van der Waals surface area contributed by atoms with Gasteiger partial charge in [0.15, 0.2) is 0 Å². The Morgan fingerprint density at radius 2 is 1.25 bits per heavy atom. The van der Waals surface area contributed by atoms with E-state index in [1.54, 1.807) is 23.4 Å². The molecule has 3 nitrogen and oxygen atoms in total. The van der Waals surface area contributed by atoms with E-state index in [0.717, 1.165) is 0 Å². The maximum absolute atomic E-state index is 8.42. The second kappa shape index (κ2) is 15.0. The summed E-state index contributed by atoms with van der Waals surface area (Å²) in [5, 5.41) is 28.5. The molecule has 1 fully saturated rings. The average molecular weight is 276 g/mol. The predicted molar refractivity (Wildman–Crippen MR) is 36.4 cm³/mol. The first-order valence-corrected chi connectivity index (χ1v) is 5.71. The maximum Gasteiger partial charge on any atom is 2.00 e.